The van der Waals surface area contributed by atoms with Crippen molar-refractivity contribution in [3.63, 3.8) is 0 Å². The van der Waals surface area contributed by atoms with E-state index in [1.54, 1.807) is 12.1 Å². The average Bonchev–Trinajstić information content (AvgIpc) is 2.75. The van der Waals surface area contributed by atoms with Crippen molar-refractivity contribution in [2.24, 2.45) is 0 Å². The van der Waals surface area contributed by atoms with E-state index in [1.165, 1.54) is 0 Å². The van der Waals surface area contributed by atoms with E-state index in [2.05, 4.69) is 30.5 Å². The Kier molecular flexibility index (Phi) is 9.59. The number of amides is 1. The highest BCUT2D eigenvalue weighted by atomic mass is 32.1. The van der Waals surface area contributed by atoms with Crippen LogP contribution in [0.1, 0.15) is 62.9 Å². The van der Waals surface area contributed by atoms with Crippen LogP contribution in [0.3, 0.4) is 0 Å². The fraction of sp³-hybridized carbons (Fsp3) is 0.417. The van der Waals surface area contributed by atoms with Crippen LogP contribution in [-0.2, 0) is 0 Å². The minimum absolute atomic E-state index is 0.227. The summed E-state index contributed by atoms with van der Waals surface area (Å²) < 4.78 is 17.1. The number of rotatable bonds is 10. The van der Waals surface area contributed by atoms with Crippen molar-refractivity contribution in [1.82, 2.24) is 5.32 Å². The van der Waals surface area contributed by atoms with Crippen LogP contribution in [0.4, 0.5) is 5.69 Å². The summed E-state index contributed by atoms with van der Waals surface area (Å²) in [6, 6.07) is 11.2. The van der Waals surface area contributed by atoms with Gasteiger partial charge in [0, 0.05) is 11.3 Å². The van der Waals surface area contributed by atoms with Gasteiger partial charge >= 0.3 is 0 Å². The summed E-state index contributed by atoms with van der Waals surface area (Å²) in [7, 11) is 0. The molecule has 2 rings (SSSR count). The summed E-state index contributed by atoms with van der Waals surface area (Å²) in [5.74, 6) is 1.42. The Balaban J connectivity index is 2.24. The lowest BCUT2D eigenvalue weighted by Crippen LogP contribution is -2.34. The van der Waals surface area contributed by atoms with Gasteiger partial charge in [-0.3, -0.25) is 10.1 Å². The van der Waals surface area contributed by atoms with Gasteiger partial charge in [0.2, 0.25) is 5.75 Å². The Morgan fingerprint density at radius 1 is 0.968 bits per heavy atom. The molecule has 0 saturated heterocycles. The predicted octanol–water partition coefficient (Wildman–Crippen LogP) is 5.52. The third-order valence-electron chi connectivity index (χ3n) is 4.75. The van der Waals surface area contributed by atoms with Crippen LogP contribution in [-0.4, -0.2) is 30.8 Å². The number of carbonyl (C=O) groups excluding carboxylic acids is 1. The molecule has 31 heavy (non-hydrogen) atoms. The smallest absolute Gasteiger partial charge is 0.257 e. The van der Waals surface area contributed by atoms with Gasteiger partial charge in [0.15, 0.2) is 16.6 Å². The first kappa shape index (κ1) is 24.5. The Bertz CT molecular complexity index is 874. The van der Waals surface area contributed by atoms with Gasteiger partial charge < -0.3 is 19.5 Å². The lowest BCUT2D eigenvalue weighted by molar-refractivity contribution is 0.0976. The van der Waals surface area contributed by atoms with Crippen molar-refractivity contribution in [2.45, 2.75) is 47.0 Å². The first-order valence-corrected chi connectivity index (χ1v) is 11.1. The molecule has 0 aromatic heterocycles. The fourth-order valence-corrected chi connectivity index (χ4v) is 3.31. The number of carbonyl (C=O) groups is 1. The van der Waals surface area contributed by atoms with Crippen LogP contribution >= 0.6 is 12.2 Å². The number of thiocarbonyl (C=S) groups is 1. The number of para-hydroxylation sites is 1. The number of benzene rings is 2. The third-order valence-corrected chi connectivity index (χ3v) is 4.95. The van der Waals surface area contributed by atoms with Crippen LogP contribution in [0.15, 0.2) is 36.4 Å². The maximum atomic E-state index is 12.9. The number of ether oxygens (including phenoxy) is 3. The molecule has 0 bridgehead atoms. The number of anilines is 1. The van der Waals surface area contributed by atoms with Gasteiger partial charge in [-0.15, -0.1) is 0 Å². The molecule has 6 nitrogen and oxygen atoms in total. The lowest BCUT2D eigenvalue weighted by atomic mass is 9.97. The molecule has 2 N–H and O–H groups in total. The summed E-state index contributed by atoms with van der Waals surface area (Å²) in [5, 5.41) is 6.13. The molecule has 2 aromatic carbocycles. The lowest BCUT2D eigenvalue weighted by Gasteiger charge is -2.18. The Morgan fingerprint density at radius 3 is 2.10 bits per heavy atom. The molecular weight excluding hydrogens is 412 g/mol. The highest BCUT2D eigenvalue weighted by Gasteiger charge is 2.19. The van der Waals surface area contributed by atoms with E-state index in [-0.39, 0.29) is 11.0 Å². The highest BCUT2D eigenvalue weighted by Crippen LogP contribution is 2.39. The normalized spacial score (nSPS) is 11.4. The molecule has 0 aliphatic carbocycles. The minimum atomic E-state index is -0.358. The highest BCUT2D eigenvalue weighted by molar-refractivity contribution is 7.80. The zero-order valence-electron chi connectivity index (χ0n) is 18.9. The number of nitrogens with one attached hydrogen (secondary N) is 2. The molecule has 0 aliphatic rings. The van der Waals surface area contributed by atoms with E-state index in [1.807, 2.05) is 39.0 Å². The van der Waals surface area contributed by atoms with Gasteiger partial charge in [0.1, 0.15) is 0 Å². The Labute approximate surface area is 190 Å². The second-order valence-electron chi connectivity index (χ2n) is 6.91. The standard InChI is InChI=1S/C24H32N2O4S/c1-6-16(5)18-12-10-11-13-19(18)25-24(31)26-23(27)17-14-20(28-7-2)22(30-9-4)21(15-17)29-8-3/h10-16H,6-9H2,1-5H3,(H2,25,26,27,31)/t16-/m1/s1. The van der Waals surface area contributed by atoms with Crippen molar-refractivity contribution in [1.29, 1.82) is 0 Å². The maximum Gasteiger partial charge on any atom is 0.257 e. The summed E-state index contributed by atoms with van der Waals surface area (Å²) in [6.45, 7) is 11.2. The topological polar surface area (TPSA) is 68.8 Å². The summed E-state index contributed by atoms with van der Waals surface area (Å²) >= 11 is 5.40. The summed E-state index contributed by atoms with van der Waals surface area (Å²) in [4.78, 5) is 12.9. The largest absolute Gasteiger partial charge is 0.490 e. The second-order valence-corrected chi connectivity index (χ2v) is 7.31. The van der Waals surface area contributed by atoms with Gasteiger partial charge in [-0.05, 0) is 69.1 Å². The first-order chi connectivity index (χ1) is 14.9. The van der Waals surface area contributed by atoms with E-state index < -0.39 is 0 Å². The molecule has 1 atom stereocenters. The molecule has 0 unspecified atom stereocenters. The van der Waals surface area contributed by atoms with E-state index in [9.17, 15) is 4.79 Å². The average molecular weight is 445 g/mol. The van der Waals surface area contributed by atoms with Crippen molar-refractivity contribution in [2.75, 3.05) is 25.1 Å². The zero-order valence-corrected chi connectivity index (χ0v) is 19.7. The number of hydrogen-bond donors (Lipinski definition) is 2. The molecule has 0 saturated carbocycles. The van der Waals surface area contributed by atoms with Gasteiger partial charge in [0.25, 0.3) is 5.91 Å². The molecule has 0 aliphatic heterocycles. The van der Waals surface area contributed by atoms with Gasteiger partial charge in [-0.2, -0.15) is 0 Å². The second kappa shape index (κ2) is 12.2. The molecule has 2 aromatic rings. The number of hydrogen-bond acceptors (Lipinski definition) is 5. The summed E-state index contributed by atoms with van der Waals surface area (Å²) in [6.07, 6.45) is 1.00. The SMILES string of the molecule is CCOc1cc(C(=O)NC(=S)Nc2ccccc2[C@H](C)CC)cc(OCC)c1OCC. The van der Waals surface area contributed by atoms with Crippen LogP contribution in [0, 0.1) is 0 Å². The molecular formula is C24H32N2O4S. The quantitative estimate of drug-likeness (QED) is 0.470. The minimum Gasteiger partial charge on any atom is -0.490 e. The van der Waals surface area contributed by atoms with E-state index in [4.69, 9.17) is 26.4 Å². The van der Waals surface area contributed by atoms with Crippen molar-refractivity contribution < 1.29 is 19.0 Å². The van der Waals surface area contributed by atoms with Crippen LogP contribution in [0.25, 0.3) is 0 Å². The van der Waals surface area contributed by atoms with E-state index in [0.717, 1.165) is 17.7 Å². The predicted molar refractivity (Wildman–Crippen MR) is 129 cm³/mol. The van der Waals surface area contributed by atoms with Crippen molar-refractivity contribution >= 4 is 28.9 Å². The van der Waals surface area contributed by atoms with E-state index in [0.29, 0.717) is 48.6 Å². The molecule has 0 radical (unpaired) electrons. The van der Waals surface area contributed by atoms with Gasteiger partial charge in [-0.25, -0.2) is 0 Å². The van der Waals surface area contributed by atoms with Crippen LogP contribution in [0.2, 0.25) is 0 Å². The van der Waals surface area contributed by atoms with E-state index >= 15 is 0 Å². The molecule has 0 spiro atoms. The van der Waals surface area contributed by atoms with Crippen LogP contribution < -0.4 is 24.8 Å². The van der Waals surface area contributed by atoms with Gasteiger partial charge in [0.05, 0.1) is 19.8 Å². The Morgan fingerprint density at radius 2 is 1.55 bits per heavy atom. The molecule has 0 heterocycles. The molecule has 168 valence electrons. The zero-order chi connectivity index (χ0) is 22.8. The molecule has 0 fully saturated rings. The maximum absolute atomic E-state index is 12.9. The fourth-order valence-electron chi connectivity index (χ4n) is 3.11. The third kappa shape index (κ3) is 6.59. The first-order valence-electron chi connectivity index (χ1n) is 10.7. The molecule has 7 heteroatoms. The summed E-state index contributed by atoms with van der Waals surface area (Å²) in [5.41, 5.74) is 2.41. The monoisotopic (exact) mass is 444 g/mol. The van der Waals surface area contributed by atoms with Gasteiger partial charge in [-0.1, -0.05) is 32.0 Å². The van der Waals surface area contributed by atoms with Crippen LogP contribution in [0.5, 0.6) is 17.2 Å². The van der Waals surface area contributed by atoms with Crippen molar-refractivity contribution in [3.05, 3.63) is 47.5 Å². The molecule has 1 amide bonds. The van der Waals surface area contributed by atoms with Crippen molar-refractivity contribution in [3.8, 4) is 17.2 Å². The Hall–Kier alpha value is -2.80.